The van der Waals surface area contributed by atoms with Crippen LogP contribution in [0.4, 0.5) is 0 Å². The van der Waals surface area contributed by atoms with E-state index in [1.165, 1.54) is 0 Å². The molecule has 1 heterocycles. The summed E-state index contributed by atoms with van der Waals surface area (Å²) < 4.78 is 19.8. The minimum Gasteiger partial charge on any atom is -0.598 e. The van der Waals surface area contributed by atoms with Gasteiger partial charge in [-0.1, -0.05) is 6.07 Å². The molecule has 0 aliphatic carbocycles. The molecule has 1 aliphatic rings. The number of benzene rings is 1. The van der Waals surface area contributed by atoms with Crippen LogP contribution in [0.3, 0.4) is 0 Å². The number of hydrogen-bond acceptors (Lipinski definition) is 4. The minimum absolute atomic E-state index is 0.0407. The van der Waals surface area contributed by atoms with Crippen LogP contribution < -0.4 is 4.72 Å². The lowest BCUT2D eigenvalue weighted by Gasteiger charge is -2.26. The van der Waals surface area contributed by atoms with Crippen molar-refractivity contribution in [1.82, 2.24) is 4.72 Å². The van der Waals surface area contributed by atoms with Crippen LogP contribution in [0.5, 0.6) is 0 Å². The molecule has 104 valence electrons. The van der Waals surface area contributed by atoms with Crippen molar-refractivity contribution in [2.24, 2.45) is 0 Å². The third-order valence-corrected chi connectivity index (χ3v) is 4.73. The monoisotopic (exact) mass is 281 g/mol. The number of ether oxygens (including phenoxy) is 1. The lowest BCUT2D eigenvalue weighted by atomic mass is 10.0. The van der Waals surface area contributed by atoms with Gasteiger partial charge in [0.2, 0.25) is 0 Å². The fraction of sp³-hybridized carbons (Fsp3) is 0.500. The van der Waals surface area contributed by atoms with Crippen LogP contribution in [-0.4, -0.2) is 15.3 Å². The standard InChI is InChI=1S/C14H19NO3S/c1-9(15-19(17)14(2,3)4)10-5-6-12-11(7-10)8-18-13(12)16/h5-7,9,15H,8H2,1-4H3/t9?,19-/m1/s1. The highest BCUT2D eigenvalue weighted by Gasteiger charge is 2.29. The largest absolute Gasteiger partial charge is 0.598 e. The summed E-state index contributed by atoms with van der Waals surface area (Å²) in [5.41, 5.74) is 2.54. The molecule has 1 aromatic rings. The summed E-state index contributed by atoms with van der Waals surface area (Å²) in [5, 5.41) is 0. The third kappa shape index (κ3) is 3.11. The Labute approximate surface area is 116 Å². The summed E-state index contributed by atoms with van der Waals surface area (Å²) in [7, 11) is 0. The average Bonchev–Trinajstić information content (AvgIpc) is 2.69. The first-order valence-electron chi connectivity index (χ1n) is 6.27. The van der Waals surface area contributed by atoms with E-state index in [0.29, 0.717) is 12.2 Å². The van der Waals surface area contributed by atoms with E-state index in [2.05, 4.69) is 4.72 Å². The first kappa shape index (κ1) is 14.4. The molecule has 0 radical (unpaired) electrons. The number of nitrogens with one attached hydrogen (secondary N) is 1. The van der Waals surface area contributed by atoms with E-state index in [4.69, 9.17) is 4.74 Å². The maximum atomic E-state index is 12.1. The van der Waals surface area contributed by atoms with Crippen molar-refractivity contribution < 1.29 is 14.1 Å². The molecule has 0 spiro atoms. The normalized spacial score (nSPS) is 17.8. The van der Waals surface area contributed by atoms with Gasteiger partial charge in [0.15, 0.2) is 0 Å². The van der Waals surface area contributed by atoms with Crippen LogP contribution in [0.15, 0.2) is 18.2 Å². The average molecular weight is 281 g/mol. The Morgan fingerprint density at radius 1 is 1.42 bits per heavy atom. The molecule has 0 saturated carbocycles. The lowest BCUT2D eigenvalue weighted by molar-refractivity contribution is 0.0535. The maximum absolute atomic E-state index is 12.1. The van der Waals surface area contributed by atoms with Gasteiger partial charge < -0.3 is 9.29 Å². The van der Waals surface area contributed by atoms with Gasteiger partial charge in [-0.2, -0.15) is 0 Å². The quantitative estimate of drug-likeness (QED) is 0.683. The predicted molar refractivity (Wildman–Crippen MR) is 75.0 cm³/mol. The molecule has 1 aromatic carbocycles. The Hall–Kier alpha value is -1.04. The highest BCUT2D eigenvalue weighted by atomic mass is 32.2. The molecule has 2 atom stereocenters. The minimum atomic E-state index is -1.12. The van der Waals surface area contributed by atoms with Crippen molar-refractivity contribution in [2.75, 3.05) is 0 Å². The van der Waals surface area contributed by atoms with Gasteiger partial charge in [-0.25, -0.2) is 4.79 Å². The molecular formula is C14H19NO3S. The number of cyclic esters (lactones) is 1. The second-order valence-corrected chi connectivity index (χ2v) is 7.71. The zero-order chi connectivity index (χ0) is 14.2. The van der Waals surface area contributed by atoms with E-state index in [-0.39, 0.29) is 16.8 Å². The summed E-state index contributed by atoms with van der Waals surface area (Å²) in [5.74, 6) is -0.263. The van der Waals surface area contributed by atoms with Gasteiger partial charge in [0, 0.05) is 16.9 Å². The predicted octanol–water partition coefficient (Wildman–Crippen LogP) is 2.47. The Morgan fingerprint density at radius 3 is 2.74 bits per heavy atom. The molecule has 4 nitrogen and oxygen atoms in total. The maximum Gasteiger partial charge on any atom is 0.338 e. The van der Waals surface area contributed by atoms with Crippen LogP contribution in [0, 0.1) is 0 Å². The molecule has 2 rings (SSSR count). The first-order valence-corrected chi connectivity index (χ1v) is 7.42. The SMILES string of the molecule is CC(N[S@+]([O-])C(C)(C)C)c1ccc2c(c1)COC2=O. The van der Waals surface area contributed by atoms with Crippen molar-refractivity contribution in [1.29, 1.82) is 0 Å². The Morgan fingerprint density at radius 2 is 2.11 bits per heavy atom. The van der Waals surface area contributed by atoms with Gasteiger partial charge in [-0.3, -0.25) is 0 Å². The van der Waals surface area contributed by atoms with E-state index >= 15 is 0 Å². The molecular weight excluding hydrogens is 262 g/mol. The van der Waals surface area contributed by atoms with Gasteiger partial charge in [0.25, 0.3) is 0 Å². The second-order valence-electron chi connectivity index (χ2n) is 5.71. The molecule has 19 heavy (non-hydrogen) atoms. The van der Waals surface area contributed by atoms with E-state index < -0.39 is 11.4 Å². The van der Waals surface area contributed by atoms with Crippen LogP contribution >= 0.6 is 0 Å². The number of rotatable bonds is 3. The van der Waals surface area contributed by atoms with E-state index in [1.807, 2.05) is 39.8 Å². The Balaban J connectivity index is 2.13. The molecule has 0 fully saturated rings. The second kappa shape index (κ2) is 5.15. The van der Waals surface area contributed by atoms with E-state index in [9.17, 15) is 9.35 Å². The molecule has 1 unspecified atom stereocenters. The number of carbonyl (C=O) groups is 1. The molecule has 1 aliphatic heterocycles. The zero-order valence-electron chi connectivity index (χ0n) is 11.6. The number of fused-ring (bicyclic) bond motifs is 1. The third-order valence-electron chi connectivity index (χ3n) is 3.05. The van der Waals surface area contributed by atoms with Crippen molar-refractivity contribution >= 4 is 17.3 Å². The molecule has 0 saturated heterocycles. The number of carbonyl (C=O) groups excluding carboxylic acids is 1. The van der Waals surface area contributed by atoms with Gasteiger partial charge >= 0.3 is 5.97 Å². The summed E-state index contributed by atoms with van der Waals surface area (Å²) in [6, 6.07) is 5.56. The summed E-state index contributed by atoms with van der Waals surface area (Å²) in [6.45, 7) is 8.08. The molecule has 0 aromatic heterocycles. The Bertz CT molecular complexity index is 496. The van der Waals surface area contributed by atoms with Gasteiger partial charge in [-0.15, -0.1) is 4.72 Å². The molecule has 0 bridgehead atoms. The van der Waals surface area contributed by atoms with Crippen molar-refractivity contribution in [3.05, 3.63) is 34.9 Å². The van der Waals surface area contributed by atoms with E-state index in [0.717, 1.165) is 11.1 Å². The highest BCUT2D eigenvalue weighted by molar-refractivity contribution is 7.90. The van der Waals surface area contributed by atoms with Crippen molar-refractivity contribution in [3.8, 4) is 0 Å². The van der Waals surface area contributed by atoms with Crippen molar-refractivity contribution in [3.63, 3.8) is 0 Å². The van der Waals surface area contributed by atoms with Crippen LogP contribution in [0.1, 0.15) is 55.2 Å². The molecule has 0 amide bonds. The van der Waals surface area contributed by atoms with E-state index in [1.54, 1.807) is 6.07 Å². The highest BCUT2D eigenvalue weighted by Crippen LogP contribution is 2.25. The fourth-order valence-corrected chi connectivity index (χ4v) is 2.64. The van der Waals surface area contributed by atoms with Gasteiger partial charge in [0.05, 0.1) is 11.6 Å². The molecule has 1 N–H and O–H groups in total. The van der Waals surface area contributed by atoms with Gasteiger partial charge in [0.1, 0.15) is 11.4 Å². The van der Waals surface area contributed by atoms with Crippen molar-refractivity contribution in [2.45, 2.75) is 45.1 Å². The summed E-state index contributed by atoms with van der Waals surface area (Å²) in [4.78, 5) is 11.4. The first-order chi connectivity index (χ1) is 8.79. The van der Waals surface area contributed by atoms with Gasteiger partial charge in [-0.05, 0) is 45.4 Å². The summed E-state index contributed by atoms with van der Waals surface area (Å²) >= 11 is -1.12. The molecule has 5 heteroatoms. The zero-order valence-corrected chi connectivity index (χ0v) is 12.5. The van der Waals surface area contributed by atoms with Crippen LogP contribution in [-0.2, 0) is 22.7 Å². The lowest BCUT2D eigenvalue weighted by Crippen LogP contribution is -2.40. The summed E-state index contributed by atoms with van der Waals surface area (Å²) in [6.07, 6.45) is 0. The number of hydrogen-bond donors (Lipinski definition) is 1. The van der Waals surface area contributed by atoms with Crippen LogP contribution in [0.25, 0.3) is 0 Å². The van der Waals surface area contributed by atoms with Crippen LogP contribution in [0.2, 0.25) is 0 Å². The Kier molecular flexibility index (Phi) is 3.90. The topological polar surface area (TPSA) is 61.4 Å². The number of esters is 1. The smallest absolute Gasteiger partial charge is 0.338 e. The fourth-order valence-electron chi connectivity index (χ4n) is 1.83.